The van der Waals surface area contributed by atoms with E-state index in [0.29, 0.717) is 13.0 Å². The van der Waals surface area contributed by atoms with E-state index in [1.807, 2.05) is 11.1 Å². The Hall–Kier alpha value is -1.18. The molecule has 6 nitrogen and oxygen atoms in total. The molecule has 1 amide bonds. The van der Waals surface area contributed by atoms with Crippen molar-refractivity contribution >= 4 is 22.4 Å². The highest BCUT2D eigenvalue weighted by atomic mass is 32.1. The van der Waals surface area contributed by atoms with E-state index in [9.17, 15) is 4.79 Å². The summed E-state index contributed by atoms with van der Waals surface area (Å²) in [6.07, 6.45) is 3.54. The summed E-state index contributed by atoms with van der Waals surface area (Å²) in [6, 6.07) is 0.172. The molecule has 2 aliphatic heterocycles. The van der Waals surface area contributed by atoms with Gasteiger partial charge in [0.25, 0.3) is 0 Å². The summed E-state index contributed by atoms with van der Waals surface area (Å²) in [5.74, 6) is 0.232. The van der Waals surface area contributed by atoms with E-state index in [-0.39, 0.29) is 11.9 Å². The molecule has 7 heteroatoms. The number of piperazine rings is 1. The molecule has 1 aromatic rings. The number of rotatable bonds is 4. The minimum Gasteiger partial charge on any atom is -0.378 e. The van der Waals surface area contributed by atoms with Crippen LogP contribution in [0.3, 0.4) is 0 Å². The van der Waals surface area contributed by atoms with Gasteiger partial charge in [-0.05, 0) is 6.42 Å². The Labute approximate surface area is 135 Å². The van der Waals surface area contributed by atoms with Crippen molar-refractivity contribution in [1.82, 2.24) is 15.2 Å². The van der Waals surface area contributed by atoms with Gasteiger partial charge in [0.2, 0.25) is 5.91 Å². The third-order valence-electron chi connectivity index (χ3n) is 4.21. The normalized spacial score (nSPS) is 22.9. The quantitative estimate of drug-likeness (QED) is 0.885. The first-order chi connectivity index (χ1) is 10.8. The third-order valence-corrected chi connectivity index (χ3v) is 5.41. The van der Waals surface area contributed by atoms with Crippen LogP contribution in [0.1, 0.15) is 18.2 Å². The van der Waals surface area contributed by atoms with E-state index >= 15 is 0 Å². The Kier molecular flexibility index (Phi) is 5.28. The summed E-state index contributed by atoms with van der Waals surface area (Å²) in [7, 11) is 0. The third kappa shape index (κ3) is 3.77. The molecular weight excluding hydrogens is 300 g/mol. The van der Waals surface area contributed by atoms with Crippen LogP contribution in [0.2, 0.25) is 0 Å². The van der Waals surface area contributed by atoms with Crippen molar-refractivity contribution in [2.24, 2.45) is 0 Å². The molecule has 0 bridgehead atoms. The van der Waals surface area contributed by atoms with E-state index in [1.165, 1.54) is 4.88 Å². The highest BCUT2D eigenvalue weighted by molar-refractivity contribution is 7.15. The molecule has 122 valence electrons. The van der Waals surface area contributed by atoms with Gasteiger partial charge in [-0.1, -0.05) is 6.92 Å². The number of nitrogens with one attached hydrogen (secondary N) is 1. The summed E-state index contributed by atoms with van der Waals surface area (Å²) < 4.78 is 5.41. The van der Waals surface area contributed by atoms with E-state index in [4.69, 9.17) is 4.74 Å². The van der Waals surface area contributed by atoms with Gasteiger partial charge in [0.05, 0.1) is 13.2 Å². The molecule has 1 N–H and O–H groups in total. The molecular formula is C15H24N4O2S. The first-order valence-corrected chi connectivity index (χ1v) is 8.86. The van der Waals surface area contributed by atoms with Crippen LogP contribution < -0.4 is 10.2 Å². The number of anilines is 1. The van der Waals surface area contributed by atoms with Crippen LogP contribution in [0.25, 0.3) is 0 Å². The van der Waals surface area contributed by atoms with Crippen molar-refractivity contribution in [3.63, 3.8) is 0 Å². The Morgan fingerprint density at radius 2 is 2.27 bits per heavy atom. The lowest BCUT2D eigenvalue weighted by atomic mass is 10.1. The maximum absolute atomic E-state index is 12.4. The number of amides is 1. The molecule has 0 aliphatic carbocycles. The zero-order chi connectivity index (χ0) is 15.4. The Balaban J connectivity index is 1.47. The van der Waals surface area contributed by atoms with Gasteiger partial charge in [0.15, 0.2) is 5.13 Å². The largest absolute Gasteiger partial charge is 0.378 e. The van der Waals surface area contributed by atoms with Crippen LogP contribution in [0.15, 0.2) is 6.20 Å². The predicted molar refractivity (Wildman–Crippen MR) is 87.5 cm³/mol. The SMILES string of the molecule is CCc1cnc(N2CCN(C(=O)CC3COCCN3)CC2)s1. The maximum atomic E-state index is 12.4. The number of aryl methyl sites for hydroxylation is 1. The van der Waals surface area contributed by atoms with Gasteiger partial charge in [-0.25, -0.2) is 4.98 Å². The summed E-state index contributed by atoms with van der Waals surface area (Å²) in [4.78, 5) is 22.4. The molecule has 0 radical (unpaired) electrons. The summed E-state index contributed by atoms with van der Waals surface area (Å²) >= 11 is 1.76. The van der Waals surface area contributed by atoms with E-state index in [1.54, 1.807) is 11.3 Å². The van der Waals surface area contributed by atoms with Crippen molar-refractivity contribution < 1.29 is 9.53 Å². The maximum Gasteiger partial charge on any atom is 0.224 e. The zero-order valence-electron chi connectivity index (χ0n) is 13.1. The molecule has 2 saturated heterocycles. The fourth-order valence-corrected chi connectivity index (χ4v) is 3.75. The highest BCUT2D eigenvalue weighted by Crippen LogP contribution is 2.24. The van der Waals surface area contributed by atoms with Crippen molar-refractivity contribution in [2.45, 2.75) is 25.8 Å². The molecule has 3 rings (SSSR count). The van der Waals surface area contributed by atoms with Crippen LogP contribution >= 0.6 is 11.3 Å². The molecule has 0 aromatic carbocycles. The molecule has 22 heavy (non-hydrogen) atoms. The fraction of sp³-hybridized carbons (Fsp3) is 0.733. The summed E-state index contributed by atoms with van der Waals surface area (Å²) in [6.45, 7) is 7.70. The average molecular weight is 324 g/mol. The minimum absolute atomic E-state index is 0.172. The molecule has 0 spiro atoms. The van der Waals surface area contributed by atoms with Gasteiger partial charge in [-0.3, -0.25) is 4.79 Å². The van der Waals surface area contributed by atoms with Gasteiger partial charge in [-0.2, -0.15) is 0 Å². The molecule has 2 aliphatic rings. The van der Waals surface area contributed by atoms with Crippen LogP contribution in [0.5, 0.6) is 0 Å². The first kappa shape index (κ1) is 15.7. The second-order valence-electron chi connectivity index (χ2n) is 5.76. The van der Waals surface area contributed by atoms with Crippen LogP contribution in [0.4, 0.5) is 5.13 Å². The predicted octanol–water partition coefficient (Wildman–Crippen LogP) is 0.733. The number of hydrogen-bond acceptors (Lipinski definition) is 6. The second-order valence-corrected chi connectivity index (χ2v) is 6.85. The molecule has 3 heterocycles. The van der Waals surface area contributed by atoms with Gasteiger partial charge >= 0.3 is 0 Å². The lowest BCUT2D eigenvalue weighted by Crippen LogP contribution is -2.51. The molecule has 1 unspecified atom stereocenters. The molecule has 1 aromatic heterocycles. The summed E-state index contributed by atoms with van der Waals surface area (Å²) in [5, 5.41) is 4.43. The first-order valence-electron chi connectivity index (χ1n) is 8.05. The number of aromatic nitrogens is 1. The van der Waals surface area contributed by atoms with Crippen molar-refractivity contribution in [3.8, 4) is 0 Å². The number of thiazole rings is 1. The van der Waals surface area contributed by atoms with Crippen LogP contribution in [0, 0.1) is 0 Å². The minimum atomic E-state index is 0.172. The lowest BCUT2D eigenvalue weighted by Gasteiger charge is -2.35. The van der Waals surface area contributed by atoms with Crippen molar-refractivity contribution in [2.75, 3.05) is 50.8 Å². The van der Waals surface area contributed by atoms with E-state index in [0.717, 1.165) is 50.9 Å². The van der Waals surface area contributed by atoms with Gasteiger partial charge in [-0.15, -0.1) is 11.3 Å². The Morgan fingerprint density at radius 1 is 1.45 bits per heavy atom. The van der Waals surface area contributed by atoms with Gasteiger partial charge in [0.1, 0.15) is 0 Å². The number of carbonyl (C=O) groups is 1. The number of hydrogen-bond donors (Lipinski definition) is 1. The fourth-order valence-electron chi connectivity index (χ4n) is 2.84. The number of ether oxygens (including phenoxy) is 1. The van der Waals surface area contributed by atoms with Crippen LogP contribution in [-0.2, 0) is 16.0 Å². The Bertz CT molecular complexity index is 493. The smallest absolute Gasteiger partial charge is 0.224 e. The summed E-state index contributed by atoms with van der Waals surface area (Å²) in [5.41, 5.74) is 0. The lowest BCUT2D eigenvalue weighted by molar-refractivity contribution is -0.132. The number of morpholine rings is 1. The zero-order valence-corrected chi connectivity index (χ0v) is 13.9. The number of nitrogens with zero attached hydrogens (tertiary/aromatic N) is 3. The second kappa shape index (κ2) is 7.39. The molecule has 2 fully saturated rings. The highest BCUT2D eigenvalue weighted by Gasteiger charge is 2.25. The molecule has 0 saturated carbocycles. The van der Waals surface area contributed by atoms with Crippen molar-refractivity contribution in [3.05, 3.63) is 11.1 Å². The monoisotopic (exact) mass is 324 g/mol. The van der Waals surface area contributed by atoms with E-state index < -0.39 is 0 Å². The van der Waals surface area contributed by atoms with E-state index in [2.05, 4.69) is 22.1 Å². The van der Waals surface area contributed by atoms with Gasteiger partial charge in [0, 0.05) is 56.3 Å². The Morgan fingerprint density at radius 3 is 2.91 bits per heavy atom. The van der Waals surface area contributed by atoms with Crippen LogP contribution in [-0.4, -0.2) is 67.8 Å². The molecule has 1 atom stereocenters. The van der Waals surface area contributed by atoms with Gasteiger partial charge < -0.3 is 19.9 Å². The number of carbonyl (C=O) groups excluding carboxylic acids is 1. The van der Waals surface area contributed by atoms with Crippen molar-refractivity contribution in [1.29, 1.82) is 0 Å². The average Bonchev–Trinajstić information content (AvgIpc) is 3.05. The standard InChI is InChI=1S/C15H24N4O2S/c1-2-13-10-17-15(22-13)19-6-4-18(5-7-19)14(20)9-12-11-21-8-3-16-12/h10,12,16H,2-9,11H2,1H3. The topological polar surface area (TPSA) is 57.7 Å².